The summed E-state index contributed by atoms with van der Waals surface area (Å²) in [4.78, 5) is 4.36. The van der Waals surface area contributed by atoms with Gasteiger partial charge in [-0.3, -0.25) is 0 Å². The molecule has 1 aromatic heterocycles. The van der Waals surface area contributed by atoms with E-state index in [2.05, 4.69) is 10.1 Å². The zero-order valence-corrected chi connectivity index (χ0v) is 13.1. The second-order valence-electron chi connectivity index (χ2n) is 5.37. The molecule has 0 aliphatic carbocycles. The zero-order chi connectivity index (χ0) is 16.2. The van der Waals surface area contributed by atoms with Gasteiger partial charge in [0, 0.05) is 5.56 Å². The molecule has 0 aliphatic rings. The largest absolute Gasteiger partial charge is 0.485 e. The van der Waals surface area contributed by atoms with Crippen molar-refractivity contribution in [1.82, 2.24) is 10.1 Å². The Labute approximate surface area is 134 Å². The average molecular weight is 310 g/mol. The highest BCUT2D eigenvalue weighted by Crippen LogP contribution is 2.22. The van der Waals surface area contributed by atoms with E-state index in [0.717, 1.165) is 16.7 Å². The molecule has 23 heavy (non-hydrogen) atoms. The summed E-state index contributed by atoms with van der Waals surface area (Å²) in [6, 6.07) is 15.2. The van der Waals surface area contributed by atoms with Crippen molar-refractivity contribution in [2.24, 2.45) is 0 Å². The molecule has 5 heteroatoms. The number of nitrogens with zero attached hydrogens (tertiary/aromatic N) is 2. The first-order valence-corrected chi connectivity index (χ1v) is 7.43. The van der Waals surface area contributed by atoms with Crippen LogP contribution in [0, 0.1) is 6.92 Å². The van der Waals surface area contributed by atoms with Crippen LogP contribution in [0.2, 0.25) is 0 Å². The Morgan fingerprint density at radius 1 is 1.17 bits per heavy atom. The second-order valence-corrected chi connectivity index (χ2v) is 5.37. The van der Waals surface area contributed by atoms with Crippen LogP contribution in [0.15, 0.2) is 53.1 Å². The fourth-order valence-electron chi connectivity index (χ4n) is 2.25. The summed E-state index contributed by atoms with van der Waals surface area (Å²) in [6.07, 6.45) is -0.531. The summed E-state index contributed by atoms with van der Waals surface area (Å²) in [5.41, 5.74) is 2.80. The molecule has 1 atom stereocenters. The number of rotatable bonds is 5. The van der Waals surface area contributed by atoms with Crippen molar-refractivity contribution in [1.29, 1.82) is 0 Å². The van der Waals surface area contributed by atoms with Gasteiger partial charge < -0.3 is 14.4 Å². The summed E-state index contributed by atoms with van der Waals surface area (Å²) < 4.78 is 11.0. The zero-order valence-electron chi connectivity index (χ0n) is 13.1. The van der Waals surface area contributed by atoms with Crippen LogP contribution < -0.4 is 4.74 Å². The van der Waals surface area contributed by atoms with Crippen molar-refractivity contribution in [2.75, 3.05) is 0 Å². The first-order chi connectivity index (χ1) is 11.1. The Kier molecular flexibility index (Phi) is 4.39. The first kappa shape index (κ1) is 15.2. The van der Waals surface area contributed by atoms with Gasteiger partial charge in [-0.25, -0.2) is 0 Å². The van der Waals surface area contributed by atoms with Gasteiger partial charge in [0.25, 0.3) is 5.89 Å². The lowest BCUT2D eigenvalue weighted by molar-refractivity contribution is 0.198. The Balaban J connectivity index is 1.70. The molecule has 2 aromatic carbocycles. The highest BCUT2D eigenvalue weighted by Gasteiger charge is 2.11. The smallest absolute Gasteiger partial charge is 0.258 e. The summed E-state index contributed by atoms with van der Waals surface area (Å²) in [5.74, 6) is 1.62. The van der Waals surface area contributed by atoms with Gasteiger partial charge in [-0.05, 0) is 43.2 Å². The van der Waals surface area contributed by atoms with E-state index in [1.807, 2.05) is 49.4 Å². The number of aliphatic hydroxyl groups excluding tert-OH is 1. The highest BCUT2D eigenvalue weighted by atomic mass is 16.5. The number of benzene rings is 2. The van der Waals surface area contributed by atoms with Gasteiger partial charge in [0.1, 0.15) is 5.75 Å². The van der Waals surface area contributed by atoms with Crippen molar-refractivity contribution < 1.29 is 14.4 Å². The topological polar surface area (TPSA) is 68.4 Å². The third-order valence-electron chi connectivity index (χ3n) is 3.55. The molecule has 1 unspecified atom stereocenters. The quantitative estimate of drug-likeness (QED) is 0.778. The van der Waals surface area contributed by atoms with E-state index in [-0.39, 0.29) is 6.61 Å². The lowest BCUT2D eigenvalue weighted by Gasteiger charge is -2.07. The fraction of sp³-hybridized carbons (Fsp3) is 0.222. The van der Waals surface area contributed by atoms with Gasteiger partial charge in [-0.15, -0.1) is 0 Å². The van der Waals surface area contributed by atoms with Gasteiger partial charge in [0.15, 0.2) is 6.61 Å². The number of aryl methyl sites for hydroxylation is 1. The molecule has 5 nitrogen and oxygen atoms in total. The number of aromatic nitrogens is 2. The summed E-state index contributed by atoms with van der Waals surface area (Å²) in [6.45, 7) is 3.92. The van der Waals surface area contributed by atoms with Crippen molar-refractivity contribution >= 4 is 0 Å². The minimum Gasteiger partial charge on any atom is -0.485 e. The molecule has 0 saturated heterocycles. The second kappa shape index (κ2) is 6.62. The van der Waals surface area contributed by atoms with Crippen molar-refractivity contribution in [3.63, 3.8) is 0 Å². The predicted octanol–water partition coefficient (Wildman–Crippen LogP) is 3.68. The predicted molar refractivity (Wildman–Crippen MR) is 85.9 cm³/mol. The summed E-state index contributed by atoms with van der Waals surface area (Å²) in [7, 11) is 0. The van der Waals surface area contributed by atoms with Gasteiger partial charge in [0.05, 0.1) is 6.10 Å². The molecule has 0 bridgehead atoms. The van der Waals surface area contributed by atoms with Crippen molar-refractivity contribution in [2.45, 2.75) is 26.6 Å². The van der Waals surface area contributed by atoms with Crippen LogP contribution in [0.25, 0.3) is 11.5 Å². The van der Waals surface area contributed by atoms with E-state index in [1.165, 1.54) is 0 Å². The number of hydrogen-bond donors (Lipinski definition) is 1. The highest BCUT2D eigenvalue weighted by molar-refractivity contribution is 5.57. The number of aliphatic hydroxyl groups is 1. The first-order valence-electron chi connectivity index (χ1n) is 7.43. The molecule has 1 heterocycles. The number of hydrogen-bond acceptors (Lipinski definition) is 5. The van der Waals surface area contributed by atoms with Gasteiger partial charge in [0.2, 0.25) is 5.82 Å². The molecule has 0 amide bonds. The van der Waals surface area contributed by atoms with Crippen LogP contribution in [-0.2, 0) is 6.61 Å². The molecular weight excluding hydrogens is 292 g/mol. The van der Waals surface area contributed by atoms with Crippen molar-refractivity contribution in [3.05, 3.63) is 65.5 Å². The third-order valence-corrected chi connectivity index (χ3v) is 3.55. The Morgan fingerprint density at radius 2 is 2.00 bits per heavy atom. The van der Waals surface area contributed by atoms with Gasteiger partial charge >= 0.3 is 0 Å². The maximum absolute atomic E-state index is 9.59. The van der Waals surface area contributed by atoms with E-state index >= 15 is 0 Å². The van der Waals surface area contributed by atoms with Gasteiger partial charge in [-0.1, -0.05) is 35.5 Å². The molecule has 3 aromatic rings. The van der Waals surface area contributed by atoms with Crippen LogP contribution in [0.4, 0.5) is 0 Å². The maximum Gasteiger partial charge on any atom is 0.258 e. The van der Waals surface area contributed by atoms with E-state index in [1.54, 1.807) is 13.0 Å². The molecule has 1 N–H and O–H groups in total. The van der Waals surface area contributed by atoms with Crippen LogP contribution in [-0.4, -0.2) is 15.2 Å². The normalized spacial score (nSPS) is 12.1. The van der Waals surface area contributed by atoms with Gasteiger partial charge in [-0.2, -0.15) is 4.98 Å². The molecule has 0 aliphatic heterocycles. The van der Waals surface area contributed by atoms with E-state index in [9.17, 15) is 5.11 Å². The minimum atomic E-state index is -0.531. The van der Waals surface area contributed by atoms with Crippen LogP contribution >= 0.6 is 0 Å². The maximum atomic E-state index is 9.59. The van der Waals surface area contributed by atoms with Crippen LogP contribution in [0.5, 0.6) is 5.75 Å². The molecule has 0 radical (unpaired) electrons. The average Bonchev–Trinajstić information content (AvgIpc) is 3.02. The molecular formula is C18H18N2O3. The third kappa shape index (κ3) is 3.57. The van der Waals surface area contributed by atoms with E-state index in [4.69, 9.17) is 9.26 Å². The SMILES string of the molecule is Cc1ccccc1-c1nc(COc2cccc(C(C)O)c2)no1. The Bertz CT molecular complexity index is 796. The van der Waals surface area contributed by atoms with Crippen LogP contribution in [0.3, 0.4) is 0 Å². The molecule has 118 valence electrons. The lowest BCUT2D eigenvalue weighted by Crippen LogP contribution is -1.99. The summed E-state index contributed by atoms with van der Waals surface area (Å²) >= 11 is 0. The van der Waals surface area contributed by atoms with Crippen LogP contribution in [0.1, 0.15) is 30.0 Å². The molecule has 0 spiro atoms. The minimum absolute atomic E-state index is 0.207. The molecule has 0 fully saturated rings. The van der Waals surface area contributed by atoms with Crippen molar-refractivity contribution in [3.8, 4) is 17.2 Å². The van der Waals surface area contributed by atoms with E-state index < -0.39 is 6.10 Å². The molecule has 3 rings (SSSR count). The Morgan fingerprint density at radius 3 is 2.78 bits per heavy atom. The number of ether oxygens (including phenoxy) is 1. The Hall–Kier alpha value is -2.66. The standard InChI is InChI=1S/C18H18N2O3/c1-12-6-3-4-9-16(12)18-19-17(20-23-18)11-22-15-8-5-7-14(10-15)13(2)21/h3-10,13,21H,11H2,1-2H3. The fourth-order valence-corrected chi connectivity index (χ4v) is 2.25. The summed E-state index contributed by atoms with van der Waals surface area (Å²) in [5, 5.41) is 13.5. The van der Waals surface area contributed by atoms with E-state index in [0.29, 0.717) is 17.5 Å². The molecule has 0 saturated carbocycles. The monoisotopic (exact) mass is 310 g/mol. The lowest BCUT2D eigenvalue weighted by atomic mass is 10.1.